The Bertz CT molecular complexity index is 954. The fraction of sp³-hybridized carbons (Fsp3) is 0.389. The average molecular weight is 400 g/mol. The van der Waals surface area contributed by atoms with E-state index in [9.17, 15) is 14.4 Å². The van der Waals surface area contributed by atoms with Gasteiger partial charge in [-0.25, -0.2) is 9.48 Å². The molecule has 3 rings (SSSR count). The second-order valence-corrected chi connectivity index (χ2v) is 7.18. The van der Waals surface area contributed by atoms with Gasteiger partial charge in [0.25, 0.3) is 11.8 Å². The van der Waals surface area contributed by atoms with Crippen LogP contribution >= 0.6 is 0 Å². The number of carbonyl (C=O) groups is 2. The van der Waals surface area contributed by atoms with Crippen LogP contribution in [0.4, 0.5) is 0 Å². The zero-order valence-electron chi connectivity index (χ0n) is 16.2. The van der Waals surface area contributed by atoms with Gasteiger partial charge in [0.05, 0.1) is 29.9 Å². The second-order valence-electron chi connectivity index (χ2n) is 7.18. The summed E-state index contributed by atoms with van der Waals surface area (Å²) in [6, 6.07) is 6.43. The highest BCUT2D eigenvalue weighted by Gasteiger charge is 2.36. The number of hydroxylamine groups is 2. The van der Waals surface area contributed by atoms with Crippen LogP contribution in [0.3, 0.4) is 0 Å². The summed E-state index contributed by atoms with van der Waals surface area (Å²) in [7, 11) is 0. The molecule has 2 heterocycles. The molecule has 1 atom stereocenters. The van der Waals surface area contributed by atoms with Gasteiger partial charge in [0.1, 0.15) is 17.7 Å². The van der Waals surface area contributed by atoms with Crippen LogP contribution < -0.4 is 5.73 Å². The zero-order valence-corrected chi connectivity index (χ0v) is 16.2. The maximum absolute atomic E-state index is 12.3. The van der Waals surface area contributed by atoms with Crippen molar-refractivity contribution in [2.45, 2.75) is 39.1 Å². The van der Waals surface area contributed by atoms with E-state index in [4.69, 9.17) is 15.3 Å². The van der Waals surface area contributed by atoms with E-state index in [-0.39, 0.29) is 35.7 Å². The molecule has 0 fully saturated rings. The van der Waals surface area contributed by atoms with Crippen LogP contribution in [0.15, 0.2) is 24.3 Å². The number of tetrazole rings is 1. The minimum atomic E-state index is -1.09. The van der Waals surface area contributed by atoms with E-state index >= 15 is 0 Å². The maximum Gasteiger partial charge on any atom is 0.285 e. The predicted molar refractivity (Wildman–Crippen MR) is 98.6 cm³/mol. The highest BCUT2D eigenvalue weighted by molar-refractivity contribution is 6.20. The number of rotatable bonds is 7. The molecule has 1 aromatic carbocycles. The summed E-state index contributed by atoms with van der Waals surface area (Å²) in [4.78, 5) is 41.3. The lowest BCUT2D eigenvalue weighted by atomic mass is 10.1. The monoisotopic (exact) mass is 400 g/mol. The third kappa shape index (κ3) is 4.28. The zero-order chi connectivity index (χ0) is 21.2. The van der Waals surface area contributed by atoms with Crippen molar-refractivity contribution in [1.82, 2.24) is 25.3 Å². The van der Waals surface area contributed by atoms with E-state index in [1.165, 1.54) is 4.68 Å². The number of hydrogen-bond acceptors (Lipinski definition) is 9. The molecular weight excluding hydrogens is 380 g/mol. The standard InChI is InChI=1S/C18H20N6O5/c1-18(2,3)29-14(19)13(10-25)15-20-21-22-23(15)8-9-28-24-16(26)11-6-4-5-7-12(11)17(24)27/h4-7,14H,8-9,19H2,1-3H3. The molecular formula is C18H20N6O5. The molecule has 0 aliphatic carbocycles. The maximum atomic E-state index is 12.3. The summed E-state index contributed by atoms with van der Waals surface area (Å²) in [6.45, 7) is 5.30. The van der Waals surface area contributed by atoms with Gasteiger partial charge in [0.2, 0.25) is 0 Å². The Labute approximate surface area is 166 Å². The van der Waals surface area contributed by atoms with Gasteiger partial charge in [-0.15, -0.1) is 10.2 Å². The number of fused-ring (bicyclic) bond motifs is 1. The first-order chi connectivity index (χ1) is 13.7. The number of aromatic nitrogens is 4. The summed E-state index contributed by atoms with van der Waals surface area (Å²) < 4.78 is 6.81. The Hall–Kier alpha value is -3.24. The van der Waals surface area contributed by atoms with E-state index in [0.29, 0.717) is 5.06 Å². The van der Waals surface area contributed by atoms with E-state index < -0.39 is 23.6 Å². The van der Waals surface area contributed by atoms with Gasteiger partial charge < -0.3 is 10.5 Å². The van der Waals surface area contributed by atoms with E-state index in [2.05, 4.69) is 15.5 Å². The Balaban J connectivity index is 1.66. The number of benzene rings is 1. The fourth-order valence-electron chi connectivity index (χ4n) is 2.72. The average Bonchev–Trinajstić information content (AvgIpc) is 3.20. The highest BCUT2D eigenvalue weighted by atomic mass is 16.7. The predicted octanol–water partition coefficient (Wildman–Crippen LogP) is 0.216. The third-order valence-electron chi connectivity index (χ3n) is 3.93. The molecule has 2 amide bonds. The summed E-state index contributed by atoms with van der Waals surface area (Å²) >= 11 is 0. The molecule has 2 aromatic rings. The smallest absolute Gasteiger partial charge is 0.285 e. The van der Waals surface area contributed by atoms with E-state index in [0.717, 1.165) is 0 Å². The molecule has 2 N–H and O–H groups in total. The van der Waals surface area contributed by atoms with Crippen molar-refractivity contribution in [3.63, 3.8) is 0 Å². The first-order valence-electron chi connectivity index (χ1n) is 8.78. The van der Waals surface area contributed by atoms with Gasteiger partial charge in [0, 0.05) is 0 Å². The molecule has 0 saturated carbocycles. The lowest BCUT2D eigenvalue weighted by Gasteiger charge is -2.24. The molecule has 1 aliphatic rings. The molecule has 0 radical (unpaired) electrons. The van der Waals surface area contributed by atoms with Crippen LogP contribution in [-0.2, 0) is 20.9 Å². The fourth-order valence-corrected chi connectivity index (χ4v) is 2.72. The molecule has 1 aliphatic heterocycles. The number of imide groups is 1. The number of carbonyl (C=O) groups excluding carboxylic acids is 3. The highest BCUT2D eigenvalue weighted by Crippen LogP contribution is 2.23. The van der Waals surface area contributed by atoms with Crippen LogP contribution in [0.25, 0.3) is 5.57 Å². The minimum Gasteiger partial charge on any atom is -0.353 e. The topological polar surface area (TPSA) is 143 Å². The van der Waals surface area contributed by atoms with Crippen LogP contribution in [-0.4, -0.2) is 61.5 Å². The van der Waals surface area contributed by atoms with Crippen LogP contribution in [0.1, 0.15) is 47.3 Å². The summed E-state index contributed by atoms with van der Waals surface area (Å²) in [5.41, 5.74) is 5.81. The Morgan fingerprint density at radius 1 is 1.21 bits per heavy atom. The lowest BCUT2D eigenvalue weighted by Crippen LogP contribution is -2.36. The number of amides is 2. The van der Waals surface area contributed by atoms with Crippen molar-refractivity contribution in [2.75, 3.05) is 6.61 Å². The van der Waals surface area contributed by atoms with Crippen molar-refractivity contribution in [3.8, 4) is 0 Å². The second kappa shape index (κ2) is 8.02. The Morgan fingerprint density at radius 2 is 1.83 bits per heavy atom. The number of nitrogens with zero attached hydrogens (tertiary/aromatic N) is 5. The normalized spacial score (nSPS) is 14.7. The van der Waals surface area contributed by atoms with Crippen molar-refractivity contribution < 1.29 is 24.0 Å². The molecule has 0 bridgehead atoms. The van der Waals surface area contributed by atoms with Crippen molar-refractivity contribution in [1.29, 1.82) is 0 Å². The number of hydrogen-bond donors (Lipinski definition) is 1. The van der Waals surface area contributed by atoms with Crippen molar-refractivity contribution >= 4 is 23.3 Å². The summed E-state index contributed by atoms with van der Waals surface area (Å²) in [5.74, 6) is 0.687. The molecule has 0 saturated heterocycles. The van der Waals surface area contributed by atoms with Gasteiger partial charge in [-0.1, -0.05) is 12.1 Å². The van der Waals surface area contributed by atoms with Crippen LogP contribution in [0.2, 0.25) is 0 Å². The molecule has 11 nitrogen and oxygen atoms in total. The first kappa shape index (κ1) is 20.5. The lowest BCUT2D eigenvalue weighted by molar-refractivity contribution is -0.0942. The van der Waals surface area contributed by atoms with Crippen molar-refractivity contribution in [2.24, 2.45) is 5.73 Å². The third-order valence-corrected chi connectivity index (χ3v) is 3.93. The SMILES string of the molecule is CC(C)(C)OC(N)C(=C=O)c1nnnn1CCON1C(=O)c2ccccc2C1=O. The molecule has 0 spiro atoms. The van der Waals surface area contributed by atoms with E-state index in [1.807, 2.05) is 0 Å². The van der Waals surface area contributed by atoms with E-state index in [1.54, 1.807) is 51.0 Å². The van der Waals surface area contributed by atoms with Gasteiger partial charge in [-0.3, -0.25) is 14.4 Å². The largest absolute Gasteiger partial charge is 0.353 e. The number of nitrogens with two attached hydrogens (primary N) is 1. The molecule has 1 aromatic heterocycles. The quantitative estimate of drug-likeness (QED) is 0.392. The van der Waals surface area contributed by atoms with Crippen molar-refractivity contribution in [3.05, 3.63) is 41.2 Å². The van der Waals surface area contributed by atoms with Crippen LogP contribution in [0.5, 0.6) is 0 Å². The Kier molecular flexibility index (Phi) is 5.66. The van der Waals surface area contributed by atoms with Gasteiger partial charge >= 0.3 is 0 Å². The summed E-state index contributed by atoms with van der Waals surface area (Å²) in [6.07, 6.45) is -1.09. The van der Waals surface area contributed by atoms with Gasteiger partial charge in [0.15, 0.2) is 5.82 Å². The molecule has 29 heavy (non-hydrogen) atoms. The van der Waals surface area contributed by atoms with Gasteiger partial charge in [-0.2, -0.15) is 0 Å². The molecule has 1 unspecified atom stereocenters. The molecule has 11 heteroatoms. The summed E-state index contributed by atoms with van der Waals surface area (Å²) in [5, 5.41) is 11.8. The molecule has 152 valence electrons. The Morgan fingerprint density at radius 3 is 2.38 bits per heavy atom. The van der Waals surface area contributed by atoms with Gasteiger partial charge in [-0.05, 0) is 43.3 Å². The first-order valence-corrected chi connectivity index (χ1v) is 8.78. The minimum absolute atomic E-state index is 0.0448. The van der Waals surface area contributed by atoms with Crippen LogP contribution in [0, 0.1) is 0 Å². The number of ether oxygens (including phenoxy) is 1.